The van der Waals surface area contributed by atoms with Crippen molar-refractivity contribution in [1.29, 1.82) is 0 Å². The molecular formula is C21H37NO3. The van der Waals surface area contributed by atoms with E-state index >= 15 is 0 Å². The van der Waals surface area contributed by atoms with Gasteiger partial charge < -0.3 is 15.1 Å². The first-order valence-electron chi connectivity index (χ1n) is 10.0. The molecule has 0 unspecified atom stereocenters. The van der Waals surface area contributed by atoms with Gasteiger partial charge in [0.1, 0.15) is 0 Å². The molecule has 2 aliphatic carbocycles. The quantitative estimate of drug-likeness (QED) is 0.590. The Labute approximate surface area is 153 Å². The van der Waals surface area contributed by atoms with E-state index in [1.54, 1.807) is 11.1 Å². The molecule has 1 saturated heterocycles. The van der Waals surface area contributed by atoms with Crippen LogP contribution in [0.5, 0.6) is 0 Å². The summed E-state index contributed by atoms with van der Waals surface area (Å²) in [4.78, 5) is 11.0. The Morgan fingerprint density at radius 2 is 1.88 bits per heavy atom. The zero-order chi connectivity index (χ0) is 18.5. The van der Waals surface area contributed by atoms with Crippen molar-refractivity contribution < 1.29 is 15.0 Å². The van der Waals surface area contributed by atoms with Crippen LogP contribution in [0, 0.1) is 10.8 Å². The molecule has 25 heavy (non-hydrogen) atoms. The van der Waals surface area contributed by atoms with Crippen molar-refractivity contribution in [2.45, 2.75) is 84.7 Å². The molecule has 1 spiro atoms. The predicted molar refractivity (Wildman–Crippen MR) is 102 cm³/mol. The number of hydrogen-bond acceptors (Lipinski definition) is 3. The number of rotatable bonds is 3. The van der Waals surface area contributed by atoms with Crippen LogP contribution in [-0.2, 0) is 4.79 Å². The Balaban J connectivity index is 0.000000701. The van der Waals surface area contributed by atoms with Crippen LogP contribution in [-0.4, -0.2) is 47.3 Å². The van der Waals surface area contributed by atoms with Gasteiger partial charge in [0.2, 0.25) is 0 Å². The predicted octanol–water partition coefficient (Wildman–Crippen LogP) is 4.23. The van der Waals surface area contributed by atoms with Crippen LogP contribution >= 0.6 is 0 Å². The molecule has 1 saturated carbocycles. The smallest absolute Gasteiger partial charge is 0.290 e. The zero-order valence-electron chi connectivity index (χ0n) is 16.4. The van der Waals surface area contributed by atoms with Crippen molar-refractivity contribution in [3.63, 3.8) is 0 Å². The van der Waals surface area contributed by atoms with Crippen molar-refractivity contribution in [2.75, 3.05) is 19.6 Å². The normalized spacial score (nSPS) is 32.4. The summed E-state index contributed by atoms with van der Waals surface area (Å²) in [5.74, 6) is 0. The first-order chi connectivity index (χ1) is 11.8. The van der Waals surface area contributed by atoms with Gasteiger partial charge in [0, 0.05) is 18.5 Å². The van der Waals surface area contributed by atoms with Gasteiger partial charge in [0.15, 0.2) is 0 Å². The van der Waals surface area contributed by atoms with E-state index in [4.69, 9.17) is 9.90 Å². The highest BCUT2D eigenvalue weighted by Crippen LogP contribution is 2.46. The van der Waals surface area contributed by atoms with E-state index in [1.807, 2.05) is 0 Å². The summed E-state index contributed by atoms with van der Waals surface area (Å²) in [6.45, 7) is 10.5. The summed E-state index contributed by atoms with van der Waals surface area (Å²) in [7, 11) is 0. The van der Waals surface area contributed by atoms with Crippen LogP contribution in [0.3, 0.4) is 0 Å². The van der Waals surface area contributed by atoms with Gasteiger partial charge in [-0.05, 0) is 70.3 Å². The van der Waals surface area contributed by atoms with Crippen LogP contribution in [0.15, 0.2) is 11.1 Å². The number of carbonyl (C=O) groups is 1. The van der Waals surface area contributed by atoms with E-state index in [0.29, 0.717) is 5.41 Å². The number of likely N-dealkylation sites (tertiary alicyclic amines) is 1. The molecular weight excluding hydrogens is 314 g/mol. The van der Waals surface area contributed by atoms with Crippen LogP contribution < -0.4 is 0 Å². The van der Waals surface area contributed by atoms with Crippen LogP contribution in [0.4, 0.5) is 0 Å². The summed E-state index contributed by atoms with van der Waals surface area (Å²) in [5.41, 5.74) is 4.03. The van der Waals surface area contributed by atoms with Gasteiger partial charge in [0.05, 0.1) is 6.10 Å². The number of aliphatic hydroxyl groups is 1. The maximum Gasteiger partial charge on any atom is 0.290 e. The molecule has 3 rings (SSSR count). The Kier molecular flexibility index (Phi) is 7.10. The summed E-state index contributed by atoms with van der Waals surface area (Å²) in [5, 5.41) is 17.3. The molecule has 0 aromatic heterocycles. The van der Waals surface area contributed by atoms with Gasteiger partial charge in [-0.3, -0.25) is 4.79 Å². The molecule has 0 amide bonds. The average Bonchev–Trinajstić information content (AvgIpc) is 2.87. The SMILES string of the molecule is CC1=C(CCN2CCC[C@]3(CCC[C@H]3O)C2)C(C)(C)CCC1.O=CO. The molecule has 2 N–H and O–H groups in total. The number of allylic oxidation sites excluding steroid dienone is 1. The molecule has 2 atom stereocenters. The highest BCUT2D eigenvalue weighted by Gasteiger charge is 2.44. The molecule has 1 heterocycles. The minimum Gasteiger partial charge on any atom is -0.483 e. The minimum atomic E-state index is -0.250. The van der Waals surface area contributed by atoms with Crippen LogP contribution in [0.25, 0.3) is 0 Å². The van der Waals surface area contributed by atoms with Crippen LogP contribution in [0.2, 0.25) is 0 Å². The third-order valence-electron chi connectivity index (χ3n) is 6.91. The first kappa shape index (κ1) is 20.4. The standard InChI is InChI=1S/C20H35NO.CH2O2/c1-16-7-4-10-19(2,3)17(16)9-14-21-13-6-12-20(15-21)11-5-8-18(20)22;2-1-3/h18,22H,4-15H2,1-3H3;1H,(H,2,3)/t18-,20-;/m1./s1. The fraction of sp³-hybridized carbons (Fsp3) is 0.857. The van der Waals surface area contributed by atoms with Crippen molar-refractivity contribution in [2.24, 2.45) is 10.8 Å². The molecule has 0 aromatic carbocycles. The van der Waals surface area contributed by atoms with Gasteiger partial charge in [-0.25, -0.2) is 0 Å². The van der Waals surface area contributed by atoms with E-state index < -0.39 is 0 Å². The highest BCUT2D eigenvalue weighted by atomic mass is 16.3. The second kappa shape index (κ2) is 8.68. The van der Waals surface area contributed by atoms with Gasteiger partial charge in [-0.2, -0.15) is 0 Å². The van der Waals surface area contributed by atoms with Gasteiger partial charge in [-0.1, -0.05) is 31.4 Å². The average molecular weight is 352 g/mol. The lowest BCUT2D eigenvalue weighted by Crippen LogP contribution is -2.47. The fourth-order valence-corrected chi connectivity index (χ4v) is 5.54. The van der Waals surface area contributed by atoms with E-state index in [1.165, 1.54) is 64.5 Å². The summed E-state index contributed by atoms with van der Waals surface area (Å²) in [6, 6.07) is 0. The molecule has 3 aliphatic rings. The topological polar surface area (TPSA) is 60.8 Å². The molecule has 144 valence electrons. The van der Waals surface area contributed by atoms with Crippen LogP contribution in [0.1, 0.15) is 78.6 Å². The minimum absolute atomic E-state index is 0.0395. The zero-order valence-corrected chi connectivity index (χ0v) is 16.4. The number of hydrogen-bond donors (Lipinski definition) is 2. The summed E-state index contributed by atoms with van der Waals surface area (Å²) < 4.78 is 0. The summed E-state index contributed by atoms with van der Waals surface area (Å²) in [6.07, 6.45) is 11.3. The Morgan fingerprint density at radius 3 is 2.48 bits per heavy atom. The molecule has 1 aliphatic heterocycles. The second-order valence-corrected chi connectivity index (χ2v) is 9.00. The largest absolute Gasteiger partial charge is 0.483 e. The molecule has 0 radical (unpaired) electrons. The molecule has 2 fully saturated rings. The number of piperidine rings is 1. The monoisotopic (exact) mass is 351 g/mol. The third kappa shape index (κ3) is 4.85. The maximum absolute atomic E-state index is 10.4. The van der Waals surface area contributed by atoms with E-state index in [2.05, 4.69) is 25.7 Å². The maximum atomic E-state index is 10.4. The van der Waals surface area contributed by atoms with Gasteiger partial charge >= 0.3 is 0 Å². The third-order valence-corrected chi connectivity index (χ3v) is 6.91. The fourth-order valence-electron chi connectivity index (χ4n) is 5.54. The lowest BCUT2D eigenvalue weighted by atomic mass is 9.71. The first-order valence-corrected chi connectivity index (χ1v) is 10.0. The van der Waals surface area contributed by atoms with Crippen molar-refractivity contribution in [3.05, 3.63) is 11.1 Å². The molecule has 0 aromatic rings. The Hall–Kier alpha value is -0.870. The number of aliphatic hydroxyl groups excluding tert-OH is 1. The number of nitrogens with zero attached hydrogens (tertiary/aromatic N) is 1. The molecule has 4 nitrogen and oxygen atoms in total. The molecule has 0 bridgehead atoms. The van der Waals surface area contributed by atoms with E-state index in [-0.39, 0.29) is 18.0 Å². The number of carboxylic acid groups (broad SMARTS) is 1. The van der Waals surface area contributed by atoms with Gasteiger partial charge in [-0.15, -0.1) is 0 Å². The second-order valence-electron chi connectivity index (χ2n) is 9.00. The lowest BCUT2D eigenvalue weighted by molar-refractivity contribution is -0.122. The van der Waals surface area contributed by atoms with Crippen molar-refractivity contribution >= 4 is 6.47 Å². The Bertz CT molecular complexity index is 486. The Morgan fingerprint density at radius 1 is 1.20 bits per heavy atom. The van der Waals surface area contributed by atoms with Gasteiger partial charge in [0.25, 0.3) is 6.47 Å². The summed E-state index contributed by atoms with van der Waals surface area (Å²) >= 11 is 0. The van der Waals surface area contributed by atoms with E-state index in [9.17, 15) is 5.11 Å². The highest BCUT2D eigenvalue weighted by molar-refractivity contribution is 5.32. The molecule has 4 heteroatoms. The van der Waals surface area contributed by atoms with E-state index in [0.717, 1.165) is 13.0 Å². The van der Waals surface area contributed by atoms with Crippen molar-refractivity contribution in [1.82, 2.24) is 4.90 Å². The van der Waals surface area contributed by atoms with Crippen molar-refractivity contribution in [3.8, 4) is 0 Å². The lowest BCUT2D eigenvalue weighted by Gasteiger charge is -2.43.